The molecule has 1 fully saturated rings. The summed E-state index contributed by atoms with van der Waals surface area (Å²) in [5.74, 6) is 0.313. The molecule has 3 rings (SSSR count). The van der Waals surface area contributed by atoms with Crippen LogP contribution in [0.2, 0.25) is 5.04 Å². The van der Waals surface area contributed by atoms with Crippen molar-refractivity contribution in [2.24, 2.45) is 0 Å². The first-order valence-electron chi connectivity index (χ1n) is 9.52. The van der Waals surface area contributed by atoms with Gasteiger partial charge in [0.25, 0.3) is 8.32 Å². The SMILES string of the molecule is CC(=O)OC1CS[C@H](CO[Si](c2ccccc2)(c2ccccc2)C(C)(C)C)O1. The molecule has 0 spiro atoms. The van der Waals surface area contributed by atoms with Crippen molar-refractivity contribution < 1.29 is 18.7 Å². The van der Waals surface area contributed by atoms with E-state index in [1.54, 1.807) is 11.8 Å². The van der Waals surface area contributed by atoms with Crippen LogP contribution < -0.4 is 10.4 Å². The highest BCUT2D eigenvalue weighted by Gasteiger charge is 2.50. The van der Waals surface area contributed by atoms with Gasteiger partial charge in [-0.2, -0.15) is 0 Å². The fourth-order valence-corrected chi connectivity index (χ4v) is 9.29. The average molecular weight is 417 g/mol. The summed E-state index contributed by atoms with van der Waals surface area (Å²) in [4.78, 5) is 11.2. The highest BCUT2D eigenvalue weighted by atomic mass is 32.2. The first-order chi connectivity index (χ1) is 13.3. The van der Waals surface area contributed by atoms with Gasteiger partial charge in [-0.1, -0.05) is 81.4 Å². The summed E-state index contributed by atoms with van der Waals surface area (Å²) >= 11 is 1.63. The number of carbonyl (C=O) groups excluding carboxylic acids is 1. The first-order valence-corrected chi connectivity index (χ1v) is 12.5. The summed E-state index contributed by atoms with van der Waals surface area (Å²) in [6, 6.07) is 21.1. The molecule has 0 N–H and O–H groups in total. The van der Waals surface area contributed by atoms with E-state index in [-0.39, 0.29) is 16.4 Å². The molecule has 1 aliphatic heterocycles. The van der Waals surface area contributed by atoms with E-state index in [0.717, 1.165) is 0 Å². The number of thioether (sulfide) groups is 1. The second kappa shape index (κ2) is 8.82. The lowest BCUT2D eigenvalue weighted by Gasteiger charge is -2.43. The molecule has 28 heavy (non-hydrogen) atoms. The molecule has 0 bridgehead atoms. The monoisotopic (exact) mass is 416 g/mol. The molecule has 0 amide bonds. The fourth-order valence-electron chi connectivity index (χ4n) is 3.72. The Morgan fingerprint density at radius 3 is 2.07 bits per heavy atom. The maximum Gasteiger partial charge on any atom is 0.304 e. The van der Waals surface area contributed by atoms with Crippen LogP contribution in [0.25, 0.3) is 0 Å². The minimum absolute atomic E-state index is 0.0751. The molecule has 1 unspecified atom stereocenters. The highest BCUT2D eigenvalue weighted by molar-refractivity contribution is 8.00. The van der Waals surface area contributed by atoms with Crippen molar-refractivity contribution in [3.8, 4) is 0 Å². The number of hydrogen-bond donors (Lipinski definition) is 0. The predicted octanol–water partition coefficient (Wildman–Crippen LogP) is 3.54. The smallest absolute Gasteiger partial charge is 0.304 e. The molecule has 4 nitrogen and oxygen atoms in total. The van der Waals surface area contributed by atoms with Crippen LogP contribution in [0.3, 0.4) is 0 Å². The van der Waals surface area contributed by atoms with Gasteiger partial charge >= 0.3 is 5.97 Å². The Morgan fingerprint density at radius 1 is 1.07 bits per heavy atom. The second-order valence-corrected chi connectivity index (χ2v) is 13.4. The van der Waals surface area contributed by atoms with E-state index in [0.29, 0.717) is 12.4 Å². The Bertz CT molecular complexity index is 737. The zero-order valence-corrected chi connectivity index (χ0v) is 18.7. The normalized spacial score (nSPS) is 20.1. The molecule has 2 aromatic carbocycles. The van der Waals surface area contributed by atoms with Crippen molar-refractivity contribution in [3.05, 3.63) is 60.7 Å². The largest absolute Gasteiger partial charge is 0.435 e. The van der Waals surface area contributed by atoms with Gasteiger partial charge in [-0.15, -0.1) is 11.8 Å². The Morgan fingerprint density at radius 2 is 1.61 bits per heavy atom. The van der Waals surface area contributed by atoms with Gasteiger partial charge in [-0.3, -0.25) is 4.79 Å². The zero-order chi connectivity index (χ0) is 20.2. The summed E-state index contributed by atoms with van der Waals surface area (Å²) in [5.41, 5.74) is -0.147. The molecule has 0 radical (unpaired) electrons. The Balaban J connectivity index is 1.90. The van der Waals surface area contributed by atoms with Gasteiger partial charge in [0.05, 0.1) is 12.4 Å². The molecule has 1 heterocycles. The van der Waals surface area contributed by atoms with Crippen LogP contribution >= 0.6 is 11.8 Å². The first kappa shape index (κ1) is 21.1. The number of hydrogen-bond acceptors (Lipinski definition) is 5. The number of rotatable bonds is 6. The molecular weight excluding hydrogens is 388 g/mol. The molecular formula is C22H28O4SSi. The molecule has 150 valence electrons. The van der Waals surface area contributed by atoms with Crippen molar-refractivity contribution in [1.29, 1.82) is 0 Å². The molecule has 0 aromatic heterocycles. The molecule has 1 aliphatic rings. The summed E-state index contributed by atoms with van der Waals surface area (Å²) in [7, 11) is -2.57. The maximum atomic E-state index is 11.2. The van der Waals surface area contributed by atoms with Gasteiger partial charge in [-0.25, -0.2) is 0 Å². The third-order valence-corrected chi connectivity index (χ3v) is 11.0. The topological polar surface area (TPSA) is 44.8 Å². The van der Waals surface area contributed by atoms with Gasteiger partial charge in [-0.05, 0) is 15.4 Å². The van der Waals surface area contributed by atoms with Crippen molar-refractivity contribution >= 4 is 36.4 Å². The van der Waals surface area contributed by atoms with Crippen molar-refractivity contribution in [1.82, 2.24) is 0 Å². The standard InChI is InChI=1S/C22H28O4SSi/c1-17(23)25-20-16-27-21(26-20)15-24-28(22(2,3)4,18-11-7-5-8-12-18)19-13-9-6-10-14-19/h5-14,20-21H,15-16H2,1-4H3/t20?,21-/m1/s1. The van der Waals surface area contributed by atoms with Crippen molar-refractivity contribution in [2.75, 3.05) is 12.4 Å². The number of esters is 1. The lowest BCUT2D eigenvalue weighted by Crippen LogP contribution is -2.67. The van der Waals surface area contributed by atoms with E-state index in [2.05, 4.69) is 69.3 Å². The number of carbonyl (C=O) groups is 1. The fraction of sp³-hybridized carbons (Fsp3) is 0.409. The Labute approximate surface area is 172 Å². The number of ether oxygens (including phenoxy) is 2. The molecule has 6 heteroatoms. The Kier molecular flexibility index (Phi) is 6.65. The molecule has 2 atom stereocenters. The molecule has 1 saturated heterocycles. The summed E-state index contributed by atoms with van der Waals surface area (Å²) in [6.45, 7) is 8.62. The van der Waals surface area contributed by atoms with Crippen LogP contribution in [0, 0.1) is 0 Å². The maximum absolute atomic E-state index is 11.2. The van der Waals surface area contributed by atoms with Gasteiger partial charge in [0, 0.05) is 6.92 Å². The van der Waals surface area contributed by atoms with Gasteiger partial charge in [0.15, 0.2) is 0 Å². The van der Waals surface area contributed by atoms with Crippen molar-refractivity contribution in [3.63, 3.8) is 0 Å². The summed E-state index contributed by atoms with van der Waals surface area (Å²) in [6.07, 6.45) is -0.491. The lowest BCUT2D eigenvalue weighted by atomic mass is 10.2. The lowest BCUT2D eigenvalue weighted by molar-refractivity contribution is -0.171. The number of benzene rings is 2. The summed E-state index contributed by atoms with van der Waals surface area (Å²) in [5, 5.41) is 2.41. The van der Waals surface area contributed by atoms with E-state index >= 15 is 0 Å². The predicted molar refractivity (Wildman–Crippen MR) is 116 cm³/mol. The van der Waals surface area contributed by atoms with Crippen LogP contribution in [0.5, 0.6) is 0 Å². The van der Waals surface area contributed by atoms with Crippen LogP contribution in [-0.4, -0.2) is 38.4 Å². The minimum atomic E-state index is -2.57. The average Bonchev–Trinajstić information content (AvgIpc) is 3.09. The van der Waals surface area contributed by atoms with Crippen LogP contribution in [0.4, 0.5) is 0 Å². The Hall–Kier alpha value is -1.60. The highest BCUT2D eigenvalue weighted by Crippen LogP contribution is 2.38. The van der Waals surface area contributed by atoms with Crippen molar-refractivity contribution in [2.45, 2.75) is 44.5 Å². The summed E-state index contributed by atoms with van der Waals surface area (Å²) < 4.78 is 17.9. The minimum Gasteiger partial charge on any atom is -0.435 e. The third kappa shape index (κ3) is 4.51. The molecule has 0 aliphatic carbocycles. The van der Waals surface area contributed by atoms with Crippen LogP contribution in [0.15, 0.2) is 60.7 Å². The van der Waals surface area contributed by atoms with Gasteiger partial charge < -0.3 is 13.9 Å². The van der Waals surface area contributed by atoms with E-state index in [4.69, 9.17) is 13.9 Å². The van der Waals surface area contributed by atoms with E-state index in [1.165, 1.54) is 17.3 Å². The van der Waals surface area contributed by atoms with E-state index in [1.807, 2.05) is 12.1 Å². The third-order valence-electron chi connectivity index (χ3n) is 4.87. The van der Waals surface area contributed by atoms with Gasteiger partial charge in [0.2, 0.25) is 6.29 Å². The van der Waals surface area contributed by atoms with Gasteiger partial charge in [0.1, 0.15) is 5.44 Å². The quantitative estimate of drug-likeness (QED) is 0.532. The van der Waals surface area contributed by atoms with Crippen LogP contribution in [0.1, 0.15) is 27.7 Å². The van der Waals surface area contributed by atoms with E-state index < -0.39 is 14.6 Å². The van der Waals surface area contributed by atoms with Crippen LogP contribution in [-0.2, 0) is 18.7 Å². The zero-order valence-electron chi connectivity index (χ0n) is 16.9. The molecule has 0 saturated carbocycles. The molecule has 2 aromatic rings. The second-order valence-electron chi connectivity index (χ2n) is 7.91. The van der Waals surface area contributed by atoms with E-state index in [9.17, 15) is 4.79 Å².